The SMILES string of the molecule is COC[O-].[K+]. The molecule has 0 aromatic heterocycles. The Hall–Kier alpha value is 1.56. The minimum absolute atomic E-state index is 0. The Kier molecular flexibility index (Phi) is 17.8. The Labute approximate surface area is 73.9 Å². The Bertz CT molecular complexity index is 9.61. The second-order valence-corrected chi connectivity index (χ2v) is 0.407. The van der Waals surface area contributed by atoms with Crippen LogP contribution in [-0.2, 0) is 4.74 Å². The zero-order valence-electron chi connectivity index (χ0n) is 3.52. The second kappa shape index (κ2) is 9.12. The Balaban J connectivity index is 0. The molecule has 0 spiro atoms. The summed E-state index contributed by atoms with van der Waals surface area (Å²) >= 11 is 0. The maximum Gasteiger partial charge on any atom is 1.00 e. The molecule has 26 valence electrons. The molecule has 0 heterocycles. The Morgan fingerprint density at radius 3 is 2.00 bits per heavy atom. The summed E-state index contributed by atoms with van der Waals surface area (Å²) in [5.74, 6) is 0. The van der Waals surface area contributed by atoms with Crippen molar-refractivity contribution in [2.75, 3.05) is 13.9 Å². The first-order valence-corrected chi connectivity index (χ1v) is 0.986. The molecular weight excluding hydrogens is 95.1 g/mol. The van der Waals surface area contributed by atoms with Crippen molar-refractivity contribution in [1.82, 2.24) is 0 Å². The van der Waals surface area contributed by atoms with Gasteiger partial charge in [0.05, 0.1) is 0 Å². The molecule has 0 unspecified atom stereocenters. The molecule has 3 heteroatoms. The molecule has 2 nitrogen and oxygen atoms in total. The fourth-order valence-electron chi connectivity index (χ4n) is 0. The summed E-state index contributed by atoms with van der Waals surface area (Å²) < 4.78 is 3.99. The summed E-state index contributed by atoms with van der Waals surface area (Å²) in [5, 5.41) is 9.08. The van der Waals surface area contributed by atoms with E-state index in [-0.39, 0.29) is 51.4 Å². The van der Waals surface area contributed by atoms with Crippen molar-refractivity contribution in [3.05, 3.63) is 0 Å². The van der Waals surface area contributed by atoms with Gasteiger partial charge in [-0.3, -0.25) is 0 Å². The van der Waals surface area contributed by atoms with Crippen LogP contribution in [0.5, 0.6) is 0 Å². The third-order valence-corrected chi connectivity index (χ3v) is 0.118. The van der Waals surface area contributed by atoms with Crippen LogP contribution in [-0.4, -0.2) is 13.9 Å². The number of ether oxygens (including phenoxy) is 1. The average molecular weight is 100 g/mol. The van der Waals surface area contributed by atoms with Crippen molar-refractivity contribution in [2.45, 2.75) is 0 Å². The maximum absolute atomic E-state index is 9.08. The van der Waals surface area contributed by atoms with Crippen molar-refractivity contribution >= 4 is 0 Å². The van der Waals surface area contributed by atoms with Gasteiger partial charge >= 0.3 is 51.4 Å². The molecule has 0 bridgehead atoms. The van der Waals surface area contributed by atoms with E-state index < -0.39 is 6.79 Å². The van der Waals surface area contributed by atoms with Gasteiger partial charge in [-0.05, 0) is 6.79 Å². The summed E-state index contributed by atoms with van der Waals surface area (Å²) in [5.41, 5.74) is 0. The zero-order chi connectivity index (χ0) is 3.41. The maximum atomic E-state index is 9.08. The molecule has 0 fully saturated rings. The molecule has 0 aliphatic carbocycles. The number of rotatable bonds is 1. The number of hydrogen-bond donors (Lipinski definition) is 0. The quantitative estimate of drug-likeness (QED) is 0.248. The number of methoxy groups -OCH3 is 1. The van der Waals surface area contributed by atoms with Crippen molar-refractivity contribution < 1.29 is 61.2 Å². The molecule has 0 rings (SSSR count). The van der Waals surface area contributed by atoms with Crippen molar-refractivity contribution in [3.8, 4) is 0 Å². The first-order valence-electron chi connectivity index (χ1n) is 0.986. The average Bonchev–Trinajstić information content (AvgIpc) is 1.37. The predicted molar refractivity (Wildman–Crippen MR) is 11.9 cm³/mol. The molecule has 5 heavy (non-hydrogen) atoms. The topological polar surface area (TPSA) is 32.3 Å². The molecule has 0 amide bonds. The van der Waals surface area contributed by atoms with Gasteiger partial charge in [-0.2, -0.15) is 0 Å². The largest absolute Gasteiger partial charge is 1.00 e. The van der Waals surface area contributed by atoms with E-state index >= 15 is 0 Å². The van der Waals surface area contributed by atoms with Gasteiger partial charge in [0, 0.05) is 7.11 Å². The summed E-state index contributed by atoms with van der Waals surface area (Å²) in [4.78, 5) is 0. The third-order valence-electron chi connectivity index (χ3n) is 0.118. The van der Waals surface area contributed by atoms with E-state index in [2.05, 4.69) is 4.74 Å². The van der Waals surface area contributed by atoms with E-state index in [0.717, 1.165) is 0 Å². The molecule has 0 saturated carbocycles. The Morgan fingerprint density at radius 1 is 1.80 bits per heavy atom. The molecule has 0 saturated heterocycles. The van der Waals surface area contributed by atoms with Crippen molar-refractivity contribution in [3.63, 3.8) is 0 Å². The predicted octanol–water partition coefficient (Wildman–Crippen LogP) is -4.05. The van der Waals surface area contributed by atoms with E-state index in [1.807, 2.05) is 0 Å². The monoisotopic (exact) mass is 100.0 g/mol. The van der Waals surface area contributed by atoms with E-state index in [9.17, 15) is 0 Å². The summed E-state index contributed by atoms with van der Waals surface area (Å²) in [7, 11) is 1.37. The Morgan fingerprint density at radius 2 is 2.00 bits per heavy atom. The van der Waals surface area contributed by atoms with Crippen LogP contribution in [0.15, 0.2) is 0 Å². The van der Waals surface area contributed by atoms with Crippen LogP contribution in [0.1, 0.15) is 0 Å². The molecular formula is C2H5KO2. The van der Waals surface area contributed by atoms with Crippen LogP contribution >= 0.6 is 0 Å². The molecule has 0 atom stereocenters. The fraction of sp³-hybridized carbons (Fsp3) is 1.00. The van der Waals surface area contributed by atoms with Gasteiger partial charge in [0.1, 0.15) is 0 Å². The molecule has 0 radical (unpaired) electrons. The first kappa shape index (κ1) is 9.75. The van der Waals surface area contributed by atoms with Crippen LogP contribution in [0.2, 0.25) is 0 Å². The van der Waals surface area contributed by atoms with Gasteiger partial charge in [0.2, 0.25) is 0 Å². The van der Waals surface area contributed by atoms with Crippen LogP contribution in [0.25, 0.3) is 0 Å². The first-order chi connectivity index (χ1) is 1.91. The van der Waals surface area contributed by atoms with Crippen molar-refractivity contribution in [2.24, 2.45) is 0 Å². The summed E-state index contributed by atoms with van der Waals surface area (Å²) in [6.07, 6.45) is 0. The zero-order valence-corrected chi connectivity index (χ0v) is 6.65. The smallest absolute Gasteiger partial charge is 0.834 e. The minimum Gasteiger partial charge on any atom is -0.834 e. The van der Waals surface area contributed by atoms with Gasteiger partial charge in [0.25, 0.3) is 0 Å². The van der Waals surface area contributed by atoms with Crippen LogP contribution in [0, 0.1) is 0 Å². The van der Waals surface area contributed by atoms with E-state index in [0.29, 0.717) is 0 Å². The van der Waals surface area contributed by atoms with E-state index in [1.54, 1.807) is 0 Å². The summed E-state index contributed by atoms with van der Waals surface area (Å²) in [6, 6.07) is 0. The molecule has 0 aliphatic rings. The van der Waals surface area contributed by atoms with E-state index in [1.165, 1.54) is 7.11 Å². The van der Waals surface area contributed by atoms with Crippen molar-refractivity contribution in [1.29, 1.82) is 0 Å². The van der Waals surface area contributed by atoms with Gasteiger partial charge in [-0.25, -0.2) is 0 Å². The van der Waals surface area contributed by atoms with Gasteiger partial charge < -0.3 is 9.84 Å². The minimum atomic E-state index is -0.431. The number of hydrogen-bond acceptors (Lipinski definition) is 2. The third kappa shape index (κ3) is 10.8. The standard InChI is InChI=1S/C2H5O2.K/c1-4-2-3;/h2H2,1H3;/q-1;+1. The molecule has 0 aromatic rings. The van der Waals surface area contributed by atoms with E-state index in [4.69, 9.17) is 5.11 Å². The van der Waals surface area contributed by atoms with Gasteiger partial charge in [-0.15, -0.1) is 0 Å². The normalized spacial score (nSPS) is 6.00. The van der Waals surface area contributed by atoms with Crippen LogP contribution < -0.4 is 56.5 Å². The summed E-state index contributed by atoms with van der Waals surface area (Å²) in [6.45, 7) is -0.431. The molecule has 0 N–H and O–H groups in total. The second-order valence-electron chi connectivity index (χ2n) is 0.407. The fourth-order valence-corrected chi connectivity index (χ4v) is 0. The van der Waals surface area contributed by atoms with Gasteiger partial charge in [-0.1, -0.05) is 0 Å². The molecule has 0 aliphatic heterocycles. The molecule has 0 aromatic carbocycles. The van der Waals surface area contributed by atoms with Crippen LogP contribution in [0.4, 0.5) is 0 Å². The van der Waals surface area contributed by atoms with Gasteiger partial charge in [0.15, 0.2) is 0 Å². The van der Waals surface area contributed by atoms with Crippen LogP contribution in [0.3, 0.4) is 0 Å².